The van der Waals surface area contributed by atoms with Gasteiger partial charge in [-0.25, -0.2) is 0 Å². The largest absolute Gasteiger partial charge is 0.356 e. The molecular weight excluding hydrogens is 162 g/mol. The predicted octanol–water partition coefficient (Wildman–Crippen LogP) is 1.64. The first-order valence-corrected chi connectivity index (χ1v) is 4.95. The van der Waals surface area contributed by atoms with E-state index in [2.05, 4.69) is 23.5 Å². The minimum Gasteiger partial charge on any atom is -0.356 e. The highest BCUT2D eigenvalue weighted by molar-refractivity contribution is 5.78. The van der Waals surface area contributed by atoms with Crippen LogP contribution in [0, 0.1) is 11.8 Å². The van der Waals surface area contributed by atoms with Gasteiger partial charge in [-0.1, -0.05) is 23.8 Å². The highest BCUT2D eigenvalue weighted by Crippen LogP contribution is 2.39. The van der Waals surface area contributed by atoms with Crippen molar-refractivity contribution in [1.82, 2.24) is 5.32 Å². The van der Waals surface area contributed by atoms with E-state index in [9.17, 15) is 4.79 Å². The molecule has 0 aromatic heterocycles. The summed E-state index contributed by atoms with van der Waals surface area (Å²) in [6, 6.07) is 0. The van der Waals surface area contributed by atoms with Crippen molar-refractivity contribution in [3.8, 4) is 0 Å². The van der Waals surface area contributed by atoms with Gasteiger partial charge in [0.2, 0.25) is 5.91 Å². The molecule has 0 fully saturated rings. The van der Waals surface area contributed by atoms with Gasteiger partial charge in [0.05, 0.1) is 0 Å². The van der Waals surface area contributed by atoms with Crippen molar-refractivity contribution in [2.45, 2.75) is 19.8 Å². The van der Waals surface area contributed by atoms with Gasteiger partial charge in [0, 0.05) is 13.0 Å². The second kappa shape index (κ2) is 3.36. The van der Waals surface area contributed by atoms with Crippen molar-refractivity contribution >= 4 is 5.91 Å². The fourth-order valence-corrected chi connectivity index (χ4v) is 2.16. The Labute approximate surface area is 78.7 Å². The quantitative estimate of drug-likeness (QED) is 0.652. The zero-order chi connectivity index (χ0) is 9.26. The van der Waals surface area contributed by atoms with Gasteiger partial charge in [-0.3, -0.25) is 4.79 Å². The Bertz CT molecular complexity index is 278. The van der Waals surface area contributed by atoms with E-state index in [0.29, 0.717) is 18.3 Å². The highest BCUT2D eigenvalue weighted by atomic mass is 16.1. The molecule has 0 aliphatic heterocycles. The average molecular weight is 177 g/mol. The number of carbonyl (C=O) groups excluding carboxylic acids is 1. The van der Waals surface area contributed by atoms with Gasteiger partial charge in [-0.05, 0) is 25.2 Å². The fraction of sp³-hybridized carbons (Fsp3) is 0.545. The molecule has 2 atom stereocenters. The van der Waals surface area contributed by atoms with E-state index in [1.165, 1.54) is 12.0 Å². The second-order valence-electron chi connectivity index (χ2n) is 3.76. The monoisotopic (exact) mass is 177 g/mol. The Morgan fingerprint density at radius 3 is 3.00 bits per heavy atom. The summed E-state index contributed by atoms with van der Waals surface area (Å²) in [6.45, 7) is 2.68. The molecule has 2 aliphatic rings. The van der Waals surface area contributed by atoms with Crippen molar-refractivity contribution in [2.24, 2.45) is 11.8 Å². The van der Waals surface area contributed by atoms with Gasteiger partial charge in [0.15, 0.2) is 0 Å². The Kier molecular flexibility index (Phi) is 2.21. The Morgan fingerprint density at radius 1 is 1.62 bits per heavy atom. The first kappa shape index (κ1) is 8.54. The highest BCUT2D eigenvalue weighted by Gasteiger charge is 2.28. The molecule has 2 rings (SSSR count). The van der Waals surface area contributed by atoms with Crippen molar-refractivity contribution in [2.75, 3.05) is 6.54 Å². The zero-order valence-corrected chi connectivity index (χ0v) is 7.92. The third-order valence-electron chi connectivity index (χ3n) is 2.76. The summed E-state index contributed by atoms with van der Waals surface area (Å²) in [7, 11) is 0. The van der Waals surface area contributed by atoms with Gasteiger partial charge < -0.3 is 5.32 Å². The summed E-state index contributed by atoms with van der Waals surface area (Å²) < 4.78 is 0. The van der Waals surface area contributed by atoms with Crippen LogP contribution in [0.2, 0.25) is 0 Å². The molecule has 70 valence electrons. The average Bonchev–Trinajstić information content (AvgIpc) is 2.65. The number of nitrogens with one attached hydrogen (secondary N) is 1. The standard InChI is InChI=1S/C11H15NO/c1-2-12-11(13)7-10-6-8-3-4-9(10)5-8/h3-4,6,8-9H,2,5,7H2,1H3,(H,12,13). The number of hydrogen-bond donors (Lipinski definition) is 1. The normalized spacial score (nSPS) is 29.2. The lowest BCUT2D eigenvalue weighted by atomic mass is 10.00. The molecule has 0 heterocycles. The number of carbonyl (C=O) groups is 1. The maximum atomic E-state index is 11.3. The predicted molar refractivity (Wildman–Crippen MR) is 52.1 cm³/mol. The van der Waals surface area contributed by atoms with Crippen molar-refractivity contribution in [3.05, 3.63) is 23.8 Å². The molecule has 0 radical (unpaired) electrons. The Morgan fingerprint density at radius 2 is 2.46 bits per heavy atom. The van der Waals surface area contributed by atoms with Crippen LogP contribution in [-0.2, 0) is 4.79 Å². The third kappa shape index (κ3) is 1.67. The molecular formula is C11H15NO. The first-order valence-electron chi connectivity index (χ1n) is 4.95. The molecule has 1 N–H and O–H groups in total. The van der Waals surface area contributed by atoms with Gasteiger partial charge >= 0.3 is 0 Å². The van der Waals surface area contributed by atoms with Crippen LogP contribution < -0.4 is 5.32 Å². The molecule has 0 aromatic rings. The summed E-state index contributed by atoms with van der Waals surface area (Å²) in [4.78, 5) is 11.3. The Balaban J connectivity index is 1.90. The molecule has 0 saturated heterocycles. The molecule has 2 nitrogen and oxygen atoms in total. The van der Waals surface area contributed by atoms with Crippen LogP contribution in [0.5, 0.6) is 0 Å². The number of hydrogen-bond acceptors (Lipinski definition) is 1. The van der Waals surface area contributed by atoms with E-state index in [4.69, 9.17) is 0 Å². The molecule has 13 heavy (non-hydrogen) atoms. The minimum atomic E-state index is 0.162. The van der Waals surface area contributed by atoms with Gasteiger partial charge in [0.25, 0.3) is 0 Å². The molecule has 2 bridgehead atoms. The lowest BCUT2D eigenvalue weighted by molar-refractivity contribution is -0.120. The molecule has 0 saturated carbocycles. The van der Waals surface area contributed by atoms with E-state index in [1.54, 1.807) is 0 Å². The molecule has 2 unspecified atom stereocenters. The summed E-state index contributed by atoms with van der Waals surface area (Å²) >= 11 is 0. The maximum absolute atomic E-state index is 11.3. The number of amides is 1. The molecule has 0 aromatic carbocycles. The number of allylic oxidation sites excluding steroid dienone is 3. The molecule has 2 heteroatoms. The SMILES string of the molecule is CCNC(=O)CC1=CC2C=CC1C2. The minimum absolute atomic E-state index is 0.162. The van der Waals surface area contributed by atoms with Crippen LogP contribution in [0.1, 0.15) is 19.8 Å². The lowest BCUT2D eigenvalue weighted by Gasteiger charge is -2.09. The first-order chi connectivity index (χ1) is 6.29. The number of fused-ring (bicyclic) bond motifs is 2. The maximum Gasteiger partial charge on any atom is 0.224 e. The van der Waals surface area contributed by atoms with Crippen LogP contribution in [0.25, 0.3) is 0 Å². The topological polar surface area (TPSA) is 29.1 Å². The van der Waals surface area contributed by atoms with E-state index >= 15 is 0 Å². The van der Waals surface area contributed by atoms with Gasteiger partial charge in [-0.2, -0.15) is 0 Å². The van der Waals surface area contributed by atoms with Crippen LogP contribution in [0.15, 0.2) is 23.8 Å². The van der Waals surface area contributed by atoms with Crippen molar-refractivity contribution in [1.29, 1.82) is 0 Å². The summed E-state index contributed by atoms with van der Waals surface area (Å²) in [6.07, 6.45) is 8.53. The van der Waals surface area contributed by atoms with E-state index in [0.717, 1.165) is 6.54 Å². The van der Waals surface area contributed by atoms with Crippen LogP contribution >= 0.6 is 0 Å². The van der Waals surface area contributed by atoms with Crippen molar-refractivity contribution in [3.63, 3.8) is 0 Å². The third-order valence-corrected chi connectivity index (χ3v) is 2.76. The summed E-state index contributed by atoms with van der Waals surface area (Å²) in [5.41, 5.74) is 1.32. The zero-order valence-electron chi connectivity index (χ0n) is 7.92. The van der Waals surface area contributed by atoms with Crippen LogP contribution in [0.3, 0.4) is 0 Å². The smallest absolute Gasteiger partial charge is 0.224 e. The van der Waals surface area contributed by atoms with Crippen LogP contribution in [-0.4, -0.2) is 12.5 Å². The molecule has 0 spiro atoms. The summed E-state index contributed by atoms with van der Waals surface area (Å²) in [5, 5.41) is 2.83. The van der Waals surface area contributed by atoms with Crippen LogP contribution in [0.4, 0.5) is 0 Å². The van der Waals surface area contributed by atoms with Crippen molar-refractivity contribution < 1.29 is 4.79 Å². The molecule has 2 aliphatic carbocycles. The summed E-state index contributed by atoms with van der Waals surface area (Å²) in [5.74, 6) is 1.34. The Hall–Kier alpha value is -1.05. The van der Waals surface area contributed by atoms with E-state index in [-0.39, 0.29) is 5.91 Å². The van der Waals surface area contributed by atoms with E-state index < -0.39 is 0 Å². The lowest BCUT2D eigenvalue weighted by Crippen LogP contribution is -2.23. The second-order valence-corrected chi connectivity index (χ2v) is 3.76. The molecule has 1 amide bonds. The van der Waals surface area contributed by atoms with Gasteiger partial charge in [0.1, 0.15) is 0 Å². The fourth-order valence-electron chi connectivity index (χ4n) is 2.16. The van der Waals surface area contributed by atoms with E-state index in [1.807, 2.05) is 6.92 Å². The van der Waals surface area contributed by atoms with Gasteiger partial charge in [-0.15, -0.1) is 0 Å². The number of rotatable bonds is 3.